The van der Waals surface area contributed by atoms with Gasteiger partial charge in [-0.25, -0.2) is 18.4 Å². The lowest BCUT2D eigenvalue weighted by molar-refractivity contribution is 0.223. The van der Waals surface area contributed by atoms with E-state index in [4.69, 9.17) is 9.72 Å². The zero-order chi connectivity index (χ0) is 29.7. The maximum absolute atomic E-state index is 14.3. The van der Waals surface area contributed by atoms with Crippen molar-refractivity contribution in [3.05, 3.63) is 87.1 Å². The molecule has 3 aromatic heterocycles. The standard InChI is InChI=1S/C30H29N7O4S2/c1-18-27(33-17-42-18)24-13-20-15-32-30(34-21-7-9-22(10-8-21)41-23-11-12-31-16-23)35-28(20)37(29(24)38)26-14-19-5-3-4-6-25(19)43(39,40)36(26)2/h3-10,13,15,17,23,26,31H,11-12,14,16H2,1-2H3,(H,32,34,35). The Morgan fingerprint density at radius 1 is 1.12 bits per heavy atom. The third kappa shape index (κ3) is 4.97. The lowest BCUT2D eigenvalue weighted by Gasteiger charge is -2.35. The maximum atomic E-state index is 14.3. The summed E-state index contributed by atoms with van der Waals surface area (Å²) in [5.41, 5.74) is 3.95. The molecule has 0 radical (unpaired) electrons. The van der Waals surface area contributed by atoms with Crippen molar-refractivity contribution < 1.29 is 13.2 Å². The normalized spacial score (nSPS) is 19.8. The van der Waals surface area contributed by atoms with Crippen LogP contribution in [0.4, 0.5) is 11.6 Å². The molecule has 2 N–H and O–H groups in total. The number of ether oxygens (including phenoxy) is 1. The van der Waals surface area contributed by atoms with Gasteiger partial charge in [0.1, 0.15) is 23.7 Å². The Kier molecular flexibility index (Phi) is 6.96. The maximum Gasteiger partial charge on any atom is 0.263 e. The van der Waals surface area contributed by atoms with E-state index in [1.54, 1.807) is 42.0 Å². The Bertz CT molecular complexity index is 2000. The number of thiazole rings is 1. The van der Waals surface area contributed by atoms with Gasteiger partial charge in [0.15, 0.2) is 0 Å². The van der Waals surface area contributed by atoms with E-state index >= 15 is 0 Å². The molecule has 7 rings (SSSR count). The number of hydrogen-bond donors (Lipinski definition) is 2. The zero-order valence-electron chi connectivity index (χ0n) is 23.5. The Labute approximate surface area is 252 Å². The smallest absolute Gasteiger partial charge is 0.263 e. The molecule has 13 heteroatoms. The number of aromatic nitrogens is 4. The van der Waals surface area contributed by atoms with Gasteiger partial charge in [-0.05, 0) is 61.9 Å². The number of hydrogen-bond acceptors (Lipinski definition) is 10. The quantitative estimate of drug-likeness (QED) is 0.290. The van der Waals surface area contributed by atoms with Crippen LogP contribution in [0.25, 0.3) is 22.3 Å². The van der Waals surface area contributed by atoms with Crippen LogP contribution in [0.15, 0.2) is 76.0 Å². The van der Waals surface area contributed by atoms with Crippen LogP contribution in [0.3, 0.4) is 0 Å². The van der Waals surface area contributed by atoms with Gasteiger partial charge in [0, 0.05) is 42.2 Å². The van der Waals surface area contributed by atoms with E-state index in [-0.39, 0.29) is 22.5 Å². The summed E-state index contributed by atoms with van der Waals surface area (Å²) in [6.07, 6.45) is 2.22. The SMILES string of the molecule is Cc1scnc1-c1cc2cnc(Nc3ccc(OC4CCNC4)cc3)nc2n(C2Cc3ccccc3S(=O)(=O)N2C)c1=O. The van der Waals surface area contributed by atoms with Crippen LogP contribution in [0.1, 0.15) is 23.0 Å². The van der Waals surface area contributed by atoms with Crippen molar-refractivity contribution in [3.63, 3.8) is 0 Å². The predicted octanol–water partition coefficient (Wildman–Crippen LogP) is 4.08. The van der Waals surface area contributed by atoms with Crippen LogP contribution in [0.5, 0.6) is 5.75 Å². The van der Waals surface area contributed by atoms with Crippen molar-refractivity contribution in [2.24, 2.45) is 0 Å². The second-order valence-electron chi connectivity index (χ2n) is 10.7. The summed E-state index contributed by atoms with van der Waals surface area (Å²) in [5.74, 6) is 1.05. The van der Waals surface area contributed by atoms with Crippen LogP contribution in [0.2, 0.25) is 0 Å². The summed E-state index contributed by atoms with van der Waals surface area (Å²) in [6, 6.07) is 16.2. The molecule has 220 valence electrons. The molecule has 2 atom stereocenters. The van der Waals surface area contributed by atoms with Gasteiger partial charge < -0.3 is 15.4 Å². The van der Waals surface area contributed by atoms with Crippen LogP contribution in [-0.4, -0.2) is 58.5 Å². The summed E-state index contributed by atoms with van der Waals surface area (Å²) < 4.78 is 35.9. The molecular weight excluding hydrogens is 587 g/mol. The van der Waals surface area contributed by atoms with E-state index in [0.717, 1.165) is 35.8 Å². The highest BCUT2D eigenvalue weighted by molar-refractivity contribution is 7.89. The zero-order valence-corrected chi connectivity index (χ0v) is 25.2. The van der Waals surface area contributed by atoms with E-state index < -0.39 is 16.2 Å². The Morgan fingerprint density at radius 3 is 2.67 bits per heavy atom. The highest BCUT2D eigenvalue weighted by Gasteiger charge is 2.38. The Hall–Kier alpha value is -4.17. The summed E-state index contributed by atoms with van der Waals surface area (Å²) in [4.78, 5) is 29.1. The van der Waals surface area contributed by atoms with Crippen molar-refractivity contribution >= 4 is 44.0 Å². The average Bonchev–Trinajstić information content (AvgIpc) is 3.68. The molecule has 0 bridgehead atoms. The fourth-order valence-electron chi connectivity index (χ4n) is 5.68. The molecule has 5 aromatic rings. The molecule has 2 aromatic carbocycles. The van der Waals surface area contributed by atoms with Crippen LogP contribution >= 0.6 is 11.3 Å². The fraction of sp³-hybridized carbons (Fsp3) is 0.267. The number of fused-ring (bicyclic) bond motifs is 2. The largest absolute Gasteiger partial charge is 0.489 e. The molecule has 2 unspecified atom stereocenters. The molecule has 2 aliphatic rings. The minimum absolute atomic E-state index is 0.158. The number of nitrogens with zero attached hydrogens (tertiary/aromatic N) is 5. The van der Waals surface area contributed by atoms with Gasteiger partial charge in [-0.15, -0.1) is 11.3 Å². The summed E-state index contributed by atoms with van der Waals surface area (Å²) in [7, 11) is -2.36. The van der Waals surface area contributed by atoms with Gasteiger partial charge in [-0.3, -0.25) is 9.36 Å². The first kappa shape index (κ1) is 27.7. The highest BCUT2D eigenvalue weighted by Crippen LogP contribution is 2.35. The third-order valence-electron chi connectivity index (χ3n) is 7.95. The predicted molar refractivity (Wildman–Crippen MR) is 165 cm³/mol. The highest BCUT2D eigenvalue weighted by atomic mass is 32.2. The number of nitrogens with one attached hydrogen (secondary N) is 2. The van der Waals surface area contributed by atoms with Crippen molar-refractivity contribution in [3.8, 4) is 17.0 Å². The molecule has 0 amide bonds. The van der Waals surface area contributed by atoms with Gasteiger partial charge in [-0.1, -0.05) is 18.2 Å². The van der Waals surface area contributed by atoms with E-state index in [9.17, 15) is 13.2 Å². The van der Waals surface area contributed by atoms with E-state index in [0.29, 0.717) is 34.3 Å². The van der Waals surface area contributed by atoms with Crippen molar-refractivity contribution in [1.29, 1.82) is 0 Å². The lowest BCUT2D eigenvalue weighted by Crippen LogP contribution is -2.44. The first-order chi connectivity index (χ1) is 20.8. The second kappa shape index (κ2) is 10.8. The Balaban J connectivity index is 1.32. The number of sulfonamides is 1. The molecule has 0 spiro atoms. The van der Waals surface area contributed by atoms with E-state index in [2.05, 4.69) is 20.6 Å². The van der Waals surface area contributed by atoms with Gasteiger partial charge in [0.2, 0.25) is 16.0 Å². The molecule has 0 saturated carbocycles. The number of rotatable bonds is 6. The average molecular weight is 616 g/mol. The lowest BCUT2D eigenvalue weighted by atomic mass is 10.1. The molecule has 1 saturated heterocycles. The van der Waals surface area contributed by atoms with Crippen molar-refractivity contribution in [2.75, 3.05) is 25.5 Å². The second-order valence-corrected chi connectivity index (χ2v) is 13.7. The van der Waals surface area contributed by atoms with Crippen LogP contribution in [0, 0.1) is 6.92 Å². The number of benzene rings is 2. The first-order valence-electron chi connectivity index (χ1n) is 13.9. The first-order valence-corrected chi connectivity index (χ1v) is 16.2. The minimum Gasteiger partial charge on any atom is -0.489 e. The van der Waals surface area contributed by atoms with Crippen LogP contribution < -0.4 is 20.9 Å². The number of likely N-dealkylation sites (N-methyl/N-ethyl adjacent to an activating group) is 1. The van der Waals surface area contributed by atoms with Crippen LogP contribution in [-0.2, 0) is 16.4 Å². The van der Waals surface area contributed by atoms with Gasteiger partial charge in [0.25, 0.3) is 5.56 Å². The third-order valence-corrected chi connectivity index (χ3v) is 10.7. The molecule has 11 nitrogen and oxygen atoms in total. The monoisotopic (exact) mass is 615 g/mol. The molecule has 43 heavy (non-hydrogen) atoms. The molecular formula is C30H29N7O4S2. The molecule has 2 aliphatic heterocycles. The molecule has 1 fully saturated rings. The summed E-state index contributed by atoms with van der Waals surface area (Å²) in [6.45, 7) is 3.69. The fourth-order valence-corrected chi connectivity index (χ4v) is 7.80. The number of aryl methyl sites for hydroxylation is 1. The van der Waals surface area contributed by atoms with Gasteiger partial charge in [-0.2, -0.15) is 9.29 Å². The van der Waals surface area contributed by atoms with Gasteiger partial charge >= 0.3 is 0 Å². The van der Waals surface area contributed by atoms with Crippen molar-refractivity contribution in [1.82, 2.24) is 29.1 Å². The topological polar surface area (TPSA) is 131 Å². The molecule has 5 heterocycles. The minimum atomic E-state index is -3.86. The van der Waals surface area contributed by atoms with Crippen molar-refractivity contribution in [2.45, 2.75) is 36.9 Å². The van der Waals surface area contributed by atoms with E-state index in [1.807, 2.05) is 31.2 Å². The van der Waals surface area contributed by atoms with E-state index in [1.165, 1.54) is 27.3 Å². The number of anilines is 2. The van der Waals surface area contributed by atoms with Gasteiger partial charge in [0.05, 0.1) is 21.7 Å². The summed E-state index contributed by atoms with van der Waals surface area (Å²) in [5, 5.41) is 7.09. The Morgan fingerprint density at radius 2 is 1.93 bits per heavy atom. The summed E-state index contributed by atoms with van der Waals surface area (Å²) >= 11 is 1.44. The number of pyridine rings is 1. The molecule has 0 aliphatic carbocycles.